The molecule has 5 heteroatoms. The summed E-state index contributed by atoms with van der Waals surface area (Å²) in [5.74, 6) is 1.51. The topological polar surface area (TPSA) is 50.2 Å². The second-order valence-corrected chi connectivity index (χ2v) is 11.8. The Kier molecular flexibility index (Phi) is 2.33. The van der Waals surface area contributed by atoms with Crippen molar-refractivity contribution in [2.75, 3.05) is 5.75 Å². The fourth-order valence-electron chi connectivity index (χ4n) is 6.96. The number of aromatic hydroxyl groups is 1. The van der Waals surface area contributed by atoms with Gasteiger partial charge in [-0.2, -0.15) is 0 Å². The first-order valence-corrected chi connectivity index (χ1v) is 12.8. The summed E-state index contributed by atoms with van der Waals surface area (Å²) in [4.78, 5) is 5.79. The number of nitrogens with zero attached hydrogens (tertiary/aromatic N) is 1. The first-order valence-electron chi connectivity index (χ1n) is 10.6. The monoisotopic (exact) mass is 425 g/mol. The lowest BCUT2D eigenvalue weighted by atomic mass is 9.77. The van der Waals surface area contributed by atoms with E-state index in [4.69, 9.17) is 4.98 Å². The molecule has 3 nitrogen and oxygen atoms in total. The smallest absolute Gasteiger partial charge is 0.135 e. The van der Waals surface area contributed by atoms with Gasteiger partial charge in [0.1, 0.15) is 5.75 Å². The van der Waals surface area contributed by atoms with E-state index < -0.39 is 10.8 Å². The number of phenols is 1. The van der Waals surface area contributed by atoms with Gasteiger partial charge < -0.3 is 5.11 Å². The van der Waals surface area contributed by atoms with Crippen LogP contribution in [0.3, 0.4) is 0 Å². The molecule has 0 fully saturated rings. The number of benzene rings is 4. The van der Waals surface area contributed by atoms with Crippen molar-refractivity contribution in [1.29, 1.82) is 0 Å². The molecule has 2 aromatic heterocycles. The van der Waals surface area contributed by atoms with Crippen molar-refractivity contribution in [1.82, 2.24) is 4.98 Å². The molecule has 0 amide bonds. The van der Waals surface area contributed by atoms with Crippen LogP contribution in [0.4, 0.5) is 0 Å². The third-order valence-corrected chi connectivity index (χ3v) is 10.7. The Morgan fingerprint density at radius 3 is 2.80 bits per heavy atom. The highest BCUT2D eigenvalue weighted by molar-refractivity contribution is 7.85. The quantitative estimate of drug-likeness (QED) is 0.242. The van der Waals surface area contributed by atoms with Gasteiger partial charge in [0.25, 0.3) is 0 Å². The van der Waals surface area contributed by atoms with Crippen LogP contribution in [0.5, 0.6) is 5.75 Å². The highest BCUT2D eigenvalue weighted by Crippen LogP contribution is 2.59. The van der Waals surface area contributed by atoms with Crippen LogP contribution in [0, 0.1) is 0 Å². The molecule has 0 spiro atoms. The van der Waals surface area contributed by atoms with Gasteiger partial charge in [-0.05, 0) is 64.3 Å². The Labute approximate surface area is 177 Å². The normalized spacial score (nSPS) is 22.3. The predicted molar refractivity (Wildman–Crippen MR) is 123 cm³/mol. The molecular formula is C25H15NO2S2. The fourth-order valence-corrected chi connectivity index (χ4v) is 9.87. The lowest BCUT2D eigenvalue weighted by molar-refractivity contribution is 0.483. The van der Waals surface area contributed by atoms with Gasteiger partial charge in [0, 0.05) is 61.0 Å². The summed E-state index contributed by atoms with van der Waals surface area (Å²) in [6.07, 6.45) is 6.24. The second kappa shape index (κ2) is 4.56. The van der Waals surface area contributed by atoms with E-state index in [0.29, 0.717) is 11.7 Å². The molecule has 9 rings (SSSR count). The number of aromatic nitrogens is 1. The summed E-state index contributed by atoms with van der Waals surface area (Å²) in [6.45, 7) is 0. The van der Waals surface area contributed by atoms with Crippen LogP contribution in [-0.2, 0) is 23.6 Å². The fraction of sp³-hybridized carbons (Fsp3) is 0.240. The highest BCUT2D eigenvalue weighted by Gasteiger charge is 2.38. The van der Waals surface area contributed by atoms with Gasteiger partial charge in [-0.3, -0.25) is 9.19 Å². The predicted octanol–water partition coefficient (Wildman–Crippen LogP) is 5.94. The van der Waals surface area contributed by atoms with Crippen molar-refractivity contribution >= 4 is 74.8 Å². The largest absolute Gasteiger partial charge is 0.506 e. The minimum absolute atomic E-state index is 0.344. The van der Waals surface area contributed by atoms with Gasteiger partial charge in [-0.1, -0.05) is 0 Å². The van der Waals surface area contributed by atoms with Crippen molar-refractivity contribution in [2.45, 2.75) is 36.5 Å². The molecule has 144 valence electrons. The van der Waals surface area contributed by atoms with Crippen LogP contribution in [0.25, 0.3) is 52.6 Å². The van der Waals surface area contributed by atoms with E-state index in [0.717, 1.165) is 46.5 Å². The van der Waals surface area contributed by atoms with E-state index in [1.807, 2.05) is 12.3 Å². The van der Waals surface area contributed by atoms with Crippen LogP contribution in [0.15, 0.2) is 23.2 Å². The zero-order valence-corrected chi connectivity index (χ0v) is 17.6. The maximum atomic E-state index is 13.4. The molecular weight excluding hydrogens is 410 g/mol. The summed E-state index contributed by atoms with van der Waals surface area (Å²) in [7, 11) is -0.941. The third kappa shape index (κ3) is 1.40. The van der Waals surface area contributed by atoms with Crippen LogP contribution in [0.2, 0.25) is 0 Å². The molecule has 3 heterocycles. The highest BCUT2D eigenvalue weighted by atomic mass is 32.2. The third-order valence-electron chi connectivity index (χ3n) is 7.96. The minimum atomic E-state index is -0.941. The van der Waals surface area contributed by atoms with Crippen molar-refractivity contribution < 1.29 is 9.32 Å². The van der Waals surface area contributed by atoms with Gasteiger partial charge in [-0.25, -0.2) is 0 Å². The summed E-state index contributed by atoms with van der Waals surface area (Å²) in [5.41, 5.74) is 6.41. The zero-order chi connectivity index (χ0) is 19.5. The molecule has 4 aromatic carbocycles. The van der Waals surface area contributed by atoms with Crippen LogP contribution in [0.1, 0.15) is 41.0 Å². The number of rotatable bonds is 0. The number of phenolic OH excluding ortho intramolecular Hbond substituents is 1. The van der Waals surface area contributed by atoms with E-state index >= 15 is 0 Å². The van der Waals surface area contributed by atoms with E-state index in [1.165, 1.54) is 64.7 Å². The Morgan fingerprint density at radius 2 is 1.87 bits per heavy atom. The van der Waals surface area contributed by atoms with Crippen molar-refractivity contribution in [3.63, 3.8) is 0 Å². The Morgan fingerprint density at radius 1 is 1.00 bits per heavy atom. The van der Waals surface area contributed by atoms with Crippen molar-refractivity contribution in [2.24, 2.45) is 0 Å². The molecule has 0 saturated heterocycles. The van der Waals surface area contributed by atoms with Gasteiger partial charge >= 0.3 is 0 Å². The first-order chi connectivity index (χ1) is 14.7. The van der Waals surface area contributed by atoms with Crippen molar-refractivity contribution in [3.8, 4) is 5.75 Å². The number of pyridine rings is 1. The first kappa shape index (κ1) is 15.3. The summed E-state index contributed by atoms with van der Waals surface area (Å²) in [5, 5.41) is 19.9. The minimum Gasteiger partial charge on any atom is -0.506 e. The molecule has 0 saturated carbocycles. The summed E-state index contributed by atoms with van der Waals surface area (Å²) < 4.78 is 15.7. The van der Waals surface area contributed by atoms with Gasteiger partial charge in [0.05, 0.1) is 21.0 Å². The Balaban J connectivity index is 1.76. The molecule has 2 atom stereocenters. The maximum Gasteiger partial charge on any atom is 0.135 e. The second-order valence-electron chi connectivity index (χ2n) is 9.29. The molecule has 1 N–H and O–H groups in total. The standard InChI is InChI=1S/C25H15NO2S2/c27-14-6-13-19-18-11(7-26-13)4-10-5-15-20-16-9(8-30(15)28)2-1-3-12(16)24-23(21(20)17(10)18)22(19)25(14)29-24/h5-7,9,27H,1-4,8H2. The van der Waals surface area contributed by atoms with Gasteiger partial charge in [0.2, 0.25) is 0 Å². The van der Waals surface area contributed by atoms with E-state index in [9.17, 15) is 9.32 Å². The lowest BCUT2D eigenvalue weighted by Crippen LogP contribution is -2.22. The van der Waals surface area contributed by atoms with E-state index in [2.05, 4.69) is 6.07 Å². The average Bonchev–Trinajstić information content (AvgIpc) is 3.33. The van der Waals surface area contributed by atoms with Gasteiger partial charge in [0.15, 0.2) is 0 Å². The summed E-state index contributed by atoms with van der Waals surface area (Å²) >= 11 is 1.76. The number of hydrogen-bond acceptors (Lipinski definition) is 4. The molecule has 0 radical (unpaired) electrons. The molecule has 2 aliphatic carbocycles. The van der Waals surface area contributed by atoms with Crippen LogP contribution in [-0.4, -0.2) is 20.1 Å². The van der Waals surface area contributed by atoms with E-state index in [1.54, 1.807) is 11.3 Å². The van der Waals surface area contributed by atoms with Crippen LogP contribution >= 0.6 is 11.3 Å². The Bertz CT molecular complexity index is 1810. The number of thiophene rings is 1. The number of hydrogen-bond donors (Lipinski definition) is 1. The molecule has 0 bridgehead atoms. The SMILES string of the molecule is O=S1CC2CCCc3c2c2c1cc1c4c5c(cnc6cc(O)c7sc3c(c24)c7c65)C1. The van der Waals surface area contributed by atoms with Crippen molar-refractivity contribution in [3.05, 3.63) is 40.6 Å². The van der Waals surface area contributed by atoms with Crippen LogP contribution < -0.4 is 0 Å². The molecule has 2 unspecified atom stereocenters. The number of aryl methyl sites for hydroxylation is 1. The molecule has 6 aromatic rings. The maximum absolute atomic E-state index is 13.4. The lowest BCUT2D eigenvalue weighted by Gasteiger charge is -2.33. The molecule has 30 heavy (non-hydrogen) atoms. The number of fused-ring (bicyclic) bond motifs is 1. The molecule has 3 aliphatic rings. The summed E-state index contributed by atoms with van der Waals surface area (Å²) in [6, 6.07) is 4.11. The molecule has 1 aliphatic heterocycles. The zero-order valence-electron chi connectivity index (χ0n) is 16.0. The van der Waals surface area contributed by atoms with E-state index in [-0.39, 0.29) is 0 Å². The Hall–Kier alpha value is -2.50. The van der Waals surface area contributed by atoms with Gasteiger partial charge in [-0.15, -0.1) is 11.3 Å². The average molecular weight is 426 g/mol.